The van der Waals surface area contributed by atoms with Crippen molar-refractivity contribution in [3.63, 3.8) is 0 Å². The Bertz CT molecular complexity index is 763. The maximum Gasteiger partial charge on any atom is 0.206 e. The fourth-order valence-corrected chi connectivity index (χ4v) is 2.35. The molecule has 0 unspecified atom stereocenters. The van der Waals surface area contributed by atoms with E-state index in [2.05, 4.69) is 20.9 Å². The molecule has 6 heteroatoms. The van der Waals surface area contributed by atoms with Crippen molar-refractivity contribution in [2.24, 2.45) is 0 Å². The van der Waals surface area contributed by atoms with Crippen LogP contribution < -0.4 is 5.73 Å². The summed E-state index contributed by atoms with van der Waals surface area (Å²) in [6.07, 6.45) is 0. The zero-order valence-corrected chi connectivity index (χ0v) is 11.2. The minimum absolute atomic E-state index is 0.0390. The second kappa shape index (κ2) is 4.31. The molecular formula is C13H8BrF2N3. The van der Waals surface area contributed by atoms with Crippen molar-refractivity contribution in [1.82, 2.24) is 9.55 Å². The molecule has 0 saturated heterocycles. The van der Waals surface area contributed by atoms with Gasteiger partial charge >= 0.3 is 0 Å². The van der Waals surface area contributed by atoms with Crippen molar-refractivity contribution in [2.75, 3.05) is 5.73 Å². The molecule has 1 aromatic heterocycles. The molecule has 0 aliphatic carbocycles. The van der Waals surface area contributed by atoms with Gasteiger partial charge in [-0.2, -0.15) is 0 Å². The van der Waals surface area contributed by atoms with Gasteiger partial charge in [-0.05, 0) is 30.3 Å². The Kier molecular flexibility index (Phi) is 2.74. The SMILES string of the molecule is Nc1nc2ccc(Br)cc2n1-c1c(F)cccc1F. The van der Waals surface area contributed by atoms with Crippen LogP contribution in [0.2, 0.25) is 0 Å². The van der Waals surface area contributed by atoms with E-state index >= 15 is 0 Å². The van der Waals surface area contributed by atoms with Crippen LogP contribution in [-0.2, 0) is 0 Å². The number of para-hydroxylation sites is 1. The number of halogens is 3. The summed E-state index contributed by atoms with van der Waals surface area (Å²) in [5.74, 6) is -1.34. The van der Waals surface area contributed by atoms with Gasteiger partial charge in [0, 0.05) is 4.47 Å². The van der Waals surface area contributed by atoms with Gasteiger partial charge < -0.3 is 5.73 Å². The molecule has 96 valence electrons. The maximum atomic E-state index is 13.9. The number of aromatic nitrogens is 2. The molecule has 0 radical (unpaired) electrons. The number of nitrogens with two attached hydrogens (primary N) is 1. The van der Waals surface area contributed by atoms with E-state index in [0.717, 1.165) is 4.47 Å². The van der Waals surface area contributed by atoms with E-state index in [4.69, 9.17) is 5.73 Å². The topological polar surface area (TPSA) is 43.8 Å². The van der Waals surface area contributed by atoms with E-state index in [1.807, 2.05) is 0 Å². The Morgan fingerprint density at radius 2 is 1.79 bits per heavy atom. The maximum absolute atomic E-state index is 13.9. The molecule has 0 saturated carbocycles. The zero-order chi connectivity index (χ0) is 13.6. The van der Waals surface area contributed by atoms with Crippen molar-refractivity contribution in [1.29, 1.82) is 0 Å². The number of benzene rings is 2. The summed E-state index contributed by atoms with van der Waals surface area (Å²) in [5, 5.41) is 0. The summed E-state index contributed by atoms with van der Waals surface area (Å²) in [7, 11) is 0. The fraction of sp³-hybridized carbons (Fsp3) is 0. The van der Waals surface area contributed by atoms with Crippen molar-refractivity contribution < 1.29 is 8.78 Å². The molecule has 0 aliphatic heterocycles. The molecule has 0 bridgehead atoms. The van der Waals surface area contributed by atoms with Crippen LogP contribution in [-0.4, -0.2) is 9.55 Å². The van der Waals surface area contributed by atoms with Gasteiger partial charge in [0.05, 0.1) is 11.0 Å². The quantitative estimate of drug-likeness (QED) is 0.742. The van der Waals surface area contributed by atoms with Crippen LogP contribution in [0.15, 0.2) is 40.9 Å². The van der Waals surface area contributed by atoms with Crippen molar-refractivity contribution in [3.8, 4) is 5.69 Å². The molecule has 2 N–H and O–H groups in total. The number of rotatable bonds is 1. The first-order valence-corrected chi connectivity index (χ1v) is 6.25. The van der Waals surface area contributed by atoms with E-state index in [1.54, 1.807) is 18.2 Å². The van der Waals surface area contributed by atoms with Crippen molar-refractivity contribution >= 4 is 32.9 Å². The lowest BCUT2D eigenvalue weighted by Crippen LogP contribution is -2.05. The van der Waals surface area contributed by atoms with Gasteiger partial charge in [-0.25, -0.2) is 13.8 Å². The summed E-state index contributed by atoms with van der Waals surface area (Å²) < 4.78 is 29.8. The number of nitrogens with zero attached hydrogens (tertiary/aromatic N) is 2. The van der Waals surface area contributed by atoms with Gasteiger partial charge in [0.15, 0.2) is 0 Å². The molecule has 1 heterocycles. The molecule has 0 spiro atoms. The average molecular weight is 324 g/mol. The highest BCUT2D eigenvalue weighted by atomic mass is 79.9. The highest BCUT2D eigenvalue weighted by molar-refractivity contribution is 9.10. The molecule has 0 aliphatic rings. The monoisotopic (exact) mass is 323 g/mol. The molecule has 19 heavy (non-hydrogen) atoms. The highest BCUT2D eigenvalue weighted by Gasteiger charge is 2.17. The largest absolute Gasteiger partial charge is 0.369 e. The van der Waals surface area contributed by atoms with Gasteiger partial charge in [-0.15, -0.1) is 0 Å². The standard InChI is InChI=1S/C13H8BrF2N3/c14-7-4-5-10-11(6-7)19(13(17)18-10)12-8(15)2-1-3-9(12)16/h1-6H,(H2,17,18). The number of nitrogen functional groups attached to an aromatic ring is 1. The van der Waals surface area contributed by atoms with Crippen LogP contribution in [0.4, 0.5) is 14.7 Å². The van der Waals surface area contributed by atoms with Gasteiger partial charge in [-0.3, -0.25) is 4.57 Å². The third-order valence-electron chi connectivity index (χ3n) is 2.80. The van der Waals surface area contributed by atoms with Gasteiger partial charge in [0.2, 0.25) is 5.95 Å². The number of hydrogen-bond acceptors (Lipinski definition) is 2. The molecule has 3 nitrogen and oxygen atoms in total. The second-order valence-electron chi connectivity index (χ2n) is 4.01. The zero-order valence-electron chi connectivity index (χ0n) is 9.57. The first kappa shape index (κ1) is 12.1. The Labute approximate surface area is 115 Å². The van der Waals surface area contributed by atoms with Gasteiger partial charge in [0.1, 0.15) is 17.3 Å². The van der Waals surface area contributed by atoms with E-state index in [9.17, 15) is 8.78 Å². The minimum atomic E-state index is -0.689. The predicted molar refractivity (Wildman–Crippen MR) is 73.1 cm³/mol. The van der Waals surface area contributed by atoms with E-state index in [-0.39, 0.29) is 11.6 Å². The molecule has 3 aromatic rings. The van der Waals surface area contributed by atoms with E-state index in [0.29, 0.717) is 11.0 Å². The number of imidazole rings is 1. The Morgan fingerprint density at radius 3 is 2.47 bits per heavy atom. The lowest BCUT2D eigenvalue weighted by atomic mass is 10.2. The third kappa shape index (κ3) is 1.88. The number of hydrogen-bond donors (Lipinski definition) is 1. The Morgan fingerprint density at radius 1 is 1.11 bits per heavy atom. The number of fused-ring (bicyclic) bond motifs is 1. The van der Waals surface area contributed by atoms with Crippen molar-refractivity contribution in [2.45, 2.75) is 0 Å². The average Bonchev–Trinajstić information content (AvgIpc) is 2.66. The molecule has 0 amide bonds. The second-order valence-corrected chi connectivity index (χ2v) is 4.92. The third-order valence-corrected chi connectivity index (χ3v) is 3.30. The highest BCUT2D eigenvalue weighted by Crippen LogP contribution is 2.28. The van der Waals surface area contributed by atoms with Crippen LogP contribution in [0, 0.1) is 11.6 Å². The summed E-state index contributed by atoms with van der Waals surface area (Å²) >= 11 is 3.32. The van der Waals surface area contributed by atoms with Crippen LogP contribution in [0.3, 0.4) is 0 Å². The smallest absolute Gasteiger partial charge is 0.206 e. The molecule has 2 aromatic carbocycles. The van der Waals surface area contributed by atoms with Crippen LogP contribution >= 0.6 is 15.9 Å². The van der Waals surface area contributed by atoms with Crippen molar-refractivity contribution in [3.05, 3.63) is 52.5 Å². The van der Waals surface area contributed by atoms with Crippen LogP contribution in [0.25, 0.3) is 16.7 Å². The Hall–Kier alpha value is -1.95. The summed E-state index contributed by atoms with van der Waals surface area (Å²) in [4.78, 5) is 4.10. The van der Waals surface area contributed by atoms with Gasteiger partial charge in [0.25, 0.3) is 0 Å². The van der Waals surface area contributed by atoms with E-state index < -0.39 is 11.6 Å². The molecule has 0 fully saturated rings. The summed E-state index contributed by atoms with van der Waals surface area (Å²) in [6, 6.07) is 8.90. The van der Waals surface area contributed by atoms with Crippen LogP contribution in [0.5, 0.6) is 0 Å². The lowest BCUT2D eigenvalue weighted by molar-refractivity contribution is 0.572. The molecular weight excluding hydrogens is 316 g/mol. The molecule has 3 rings (SSSR count). The lowest BCUT2D eigenvalue weighted by Gasteiger charge is -2.09. The Balaban J connectivity index is 2.42. The normalized spacial score (nSPS) is 11.1. The first-order chi connectivity index (χ1) is 9.08. The van der Waals surface area contributed by atoms with Crippen LogP contribution in [0.1, 0.15) is 0 Å². The van der Waals surface area contributed by atoms with E-state index in [1.165, 1.54) is 22.8 Å². The minimum Gasteiger partial charge on any atom is -0.369 e. The summed E-state index contributed by atoms with van der Waals surface area (Å²) in [5.41, 5.74) is 6.67. The fourth-order valence-electron chi connectivity index (χ4n) is 2.00. The van der Waals surface area contributed by atoms with Gasteiger partial charge in [-0.1, -0.05) is 22.0 Å². The predicted octanol–water partition coefficient (Wildman–Crippen LogP) is 3.65. The summed E-state index contributed by atoms with van der Waals surface area (Å²) in [6.45, 7) is 0. The first-order valence-electron chi connectivity index (χ1n) is 5.46. The number of anilines is 1. The molecule has 0 atom stereocenters.